The number of nitrogens with zero attached hydrogens (tertiary/aromatic N) is 3. The highest BCUT2D eigenvalue weighted by molar-refractivity contribution is 5.77. The smallest absolute Gasteiger partial charge is 0.258 e. The van der Waals surface area contributed by atoms with E-state index in [4.69, 9.17) is 9.15 Å². The number of carbonyl (C=O) groups is 1. The highest BCUT2D eigenvalue weighted by Crippen LogP contribution is 2.30. The van der Waals surface area contributed by atoms with Crippen molar-refractivity contribution in [2.45, 2.75) is 6.54 Å². The van der Waals surface area contributed by atoms with Crippen molar-refractivity contribution in [3.05, 3.63) is 84.7 Å². The first kappa shape index (κ1) is 18.4. The number of carbonyl (C=O) groups excluding carboxylic acids is 1. The van der Waals surface area contributed by atoms with Crippen LogP contribution in [0.1, 0.15) is 5.69 Å². The van der Waals surface area contributed by atoms with Gasteiger partial charge >= 0.3 is 0 Å². The lowest BCUT2D eigenvalue weighted by Crippen LogP contribution is -2.28. The van der Waals surface area contributed by atoms with Crippen molar-refractivity contribution in [1.82, 2.24) is 20.5 Å². The summed E-state index contributed by atoms with van der Waals surface area (Å²) in [7, 11) is 0. The standard InChI is InChI=1S/C22H18N4O3/c27-20(24-14-17-10-6-7-13-23-17)15-28-19-12-5-4-11-18(19)22-26-25-21(29-22)16-8-2-1-3-9-16/h1-13H,14-15H2,(H,24,27). The molecule has 7 nitrogen and oxygen atoms in total. The van der Waals surface area contributed by atoms with Crippen LogP contribution in [0.5, 0.6) is 5.75 Å². The Morgan fingerprint density at radius 3 is 2.48 bits per heavy atom. The third-order valence-electron chi connectivity index (χ3n) is 4.11. The van der Waals surface area contributed by atoms with Gasteiger partial charge in [-0.1, -0.05) is 36.4 Å². The van der Waals surface area contributed by atoms with Gasteiger partial charge in [-0.2, -0.15) is 0 Å². The molecule has 144 valence electrons. The van der Waals surface area contributed by atoms with Gasteiger partial charge in [-0.3, -0.25) is 9.78 Å². The SMILES string of the molecule is O=C(COc1ccccc1-c1nnc(-c2ccccc2)o1)NCc1ccccn1. The second-order valence-electron chi connectivity index (χ2n) is 6.16. The summed E-state index contributed by atoms with van der Waals surface area (Å²) in [4.78, 5) is 16.3. The predicted molar refractivity (Wildman–Crippen MR) is 107 cm³/mol. The molecule has 29 heavy (non-hydrogen) atoms. The first-order valence-corrected chi connectivity index (χ1v) is 9.07. The van der Waals surface area contributed by atoms with E-state index in [1.54, 1.807) is 12.3 Å². The van der Waals surface area contributed by atoms with Gasteiger partial charge in [-0.15, -0.1) is 10.2 Å². The van der Waals surface area contributed by atoms with Gasteiger partial charge in [0.15, 0.2) is 6.61 Å². The Balaban J connectivity index is 1.42. The monoisotopic (exact) mass is 386 g/mol. The Morgan fingerprint density at radius 1 is 0.897 bits per heavy atom. The highest BCUT2D eigenvalue weighted by Gasteiger charge is 2.15. The average Bonchev–Trinajstić information content (AvgIpc) is 3.28. The maximum atomic E-state index is 12.1. The molecule has 0 aliphatic rings. The van der Waals surface area contributed by atoms with E-state index in [1.165, 1.54) is 0 Å². The Labute approximate surface area is 167 Å². The van der Waals surface area contributed by atoms with Gasteiger partial charge in [0.2, 0.25) is 5.89 Å². The van der Waals surface area contributed by atoms with Crippen LogP contribution in [-0.2, 0) is 11.3 Å². The van der Waals surface area contributed by atoms with Crippen LogP contribution < -0.4 is 10.1 Å². The number of hydrogen-bond donors (Lipinski definition) is 1. The van der Waals surface area contributed by atoms with Gasteiger partial charge in [0.25, 0.3) is 11.8 Å². The summed E-state index contributed by atoms with van der Waals surface area (Å²) in [5.74, 6) is 0.988. The zero-order chi connectivity index (χ0) is 19.9. The fourth-order valence-corrected chi connectivity index (χ4v) is 2.68. The molecule has 0 saturated carbocycles. The molecule has 0 aliphatic heterocycles. The molecule has 0 bridgehead atoms. The Kier molecular flexibility index (Phi) is 5.57. The molecule has 4 aromatic rings. The number of hydrogen-bond acceptors (Lipinski definition) is 6. The minimum atomic E-state index is -0.249. The van der Waals surface area contributed by atoms with Gasteiger partial charge < -0.3 is 14.5 Å². The molecule has 0 unspecified atom stereocenters. The molecule has 0 spiro atoms. The number of para-hydroxylation sites is 1. The van der Waals surface area contributed by atoms with Crippen molar-refractivity contribution < 1.29 is 13.9 Å². The second kappa shape index (κ2) is 8.79. The quantitative estimate of drug-likeness (QED) is 0.523. The van der Waals surface area contributed by atoms with Crippen LogP contribution in [0, 0.1) is 0 Å². The normalized spacial score (nSPS) is 10.5. The molecule has 0 atom stereocenters. The lowest BCUT2D eigenvalue weighted by atomic mass is 10.2. The Bertz CT molecular complexity index is 1080. The lowest BCUT2D eigenvalue weighted by molar-refractivity contribution is -0.123. The second-order valence-corrected chi connectivity index (χ2v) is 6.16. The van der Waals surface area contributed by atoms with Crippen LogP contribution in [0.2, 0.25) is 0 Å². The number of nitrogens with one attached hydrogen (secondary N) is 1. The molecule has 2 heterocycles. The van der Waals surface area contributed by atoms with Crippen molar-refractivity contribution in [1.29, 1.82) is 0 Å². The fraction of sp³-hybridized carbons (Fsp3) is 0.0909. The number of aromatic nitrogens is 3. The molecule has 2 aromatic heterocycles. The van der Waals surface area contributed by atoms with Gasteiger partial charge in [0, 0.05) is 11.8 Å². The molecule has 0 saturated heterocycles. The van der Waals surface area contributed by atoms with Gasteiger partial charge in [-0.25, -0.2) is 0 Å². The van der Waals surface area contributed by atoms with Crippen LogP contribution in [0.4, 0.5) is 0 Å². The summed E-state index contributed by atoms with van der Waals surface area (Å²) < 4.78 is 11.5. The molecule has 4 rings (SSSR count). The summed E-state index contributed by atoms with van der Waals surface area (Å²) in [6.45, 7) is 0.207. The molecule has 1 amide bonds. The minimum absolute atomic E-state index is 0.135. The zero-order valence-electron chi connectivity index (χ0n) is 15.5. The van der Waals surface area contributed by atoms with Crippen molar-refractivity contribution >= 4 is 5.91 Å². The molecule has 0 aliphatic carbocycles. The molecule has 0 radical (unpaired) electrons. The molecule has 7 heteroatoms. The van der Waals surface area contributed by atoms with Gasteiger partial charge in [0.1, 0.15) is 5.75 Å². The van der Waals surface area contributed by atoms with Crippen molar-refractivity contribution in [2.75, 3.05) is 6.61 Å². The molecular weight excluding hydrogens is 368 g/mol. The van der Waals surface area contributed by atoms with Crippen LogP contribution >= 0.6 is 0 Å². The first-order valence-electron chi connectivity index (χ1n) is 9.07. The molecule has 2 aromatic carbocycles. The number of rotatable bonds is 7. The van der Waals surface area contributed by atoms with Crippen LogP contribution in [0.25, 0.3) is 22.9 Å². The molecular formula is C22H18N4O3. The van der Waals surface area contributed by atoms with E-state index >= 15 is 0 Å². The first-order chi connectivity index (χ1) is 14.3. The van der Waals surface area contributed by atoms with E-state index in [-0.39, 0.29) is 12.5 Å². The van der Waals surface area contributed by atoms with Crippen LogP contribution in [0.3, 0.4) is 0 Å². The number of benzene rings is 2. The van der Waals surface area contributed by atoms with Crippen LogP contribution in [-0.4, -0.2) is 27.7 Å². The maximum Gasteiger partial charge on any atom is 0.258 e. The third-order valence-corrected chi connectivity index (χ3v) is 4.11. The fourth-order valence-electron chi connectivity index (χ4n) is 2.68. The third kappa shape index (κ3) is 4.65. The minimum Gasteiger partial charge on any atom is -0.483 e. The summed E-state index contributed by atoms with van der Waals surface area (Å²) in [6, 6.07) is 22.3. The average molecular weight is 386 g/mol. The Hall–Kier alpha value is -4.00. The van der Waals surface area contributed by atoms with Gasteiger partial charge in [-0.05, 0) is 36.4 Å². The number of pyridine rings is 1. The van der Waals surface area contributed by atoms with E-state index in [0.29, 0.717) is 29.6 Å². The van der Waals surface area contributed by atoms with E-state index < -0.39 is 0 Å². The lowest BCUT2D eigenvalue weighted by Gasteiger charge is -2.09. The van der Waals surface area contributed by atoms with Crippen LogP contribution in [0.15, 0.2) is 83.4 Å². The summed E-state index contributed by atoms with van der Waals surface area (Å²) in [5, 5.41) is 11.0. The van der Waals surface area contributed by atoms with Gasteiger partial charge in [0.05, 0.1) is 17.8 Å². The topological polar surface area (TPSA) is 90.1 Å². The summed E-state index contributed by atoms with van der Waals surface area (Å²) >= 11 is 0. The van der Waals surface area contributed by atoms with E-state index in [0.717, 1.165) is 11.3 Å². The number of amides is 1. The van der Waals surface area contributed by atoms with E-state index in [1.807, 2.05) is 66.7 Å². The zero-order valence-corrected chi connectivity index (χ0v) is 15.5. The van der Waals surface area contributed by atoms with Crippen molar-refractivity contribution in [2.24, 2.45) is 0 Å². The highest BCUT2D eigenvalue weighted by atomic mass is 16.5. The molecule has 0 fully saturated rings. The largest absolute Gasteiger partial charge is 0.483 e. The van der Waals surface area contributed by atoms with Crippen molar-refractivity contribution in [3.63, 3.8) is 0 Å². The van der Waals surface area contributed by atoms with E-state index in [9.17, 15) is 4.79 Å². The summed E-state index contributed by atoms with van der Waals surface area (Å²) in [6.07, 6.45) is 1.68. The Morgan fingerprint density at radius 2 is 1.66 bits per heavy atom. The maximum absolute atomic E-state index is 12.1. The van der Waals surface area contributed by atoms with Crippen molar-refractivity contribution in [3.8, 4) is 28.7 Å². The summed E-state index contributed by atoms with van der Waals surface area (Å²) in [5.41, 5.74) is 2.24. The number of ether oxygens (including phenoxy) is 1. The predicted octanol–water partition coefficient (Wildman–Crippen LogP) is 3.49. The molecule has 1 N–H and O–H groups in total. The van der Waals surface area contributed by atoms with E-state index in [2.05, 4.69) is 20.5 Å².